The van der Waals surface area contributed by atoms with Crippen LogP contribution in [0.1, 0.15) is 11.4 Å². The molecule has 0 bridgehead atoms. The quantitative estimate of drug-likeness (QED) is 0.784. The maximum atomic E-state index is 12.3. The average Bonchev–Trinajstić information content (AvgIpc) is 2.98. The molecule has 124 valence electrons. The van der Waals surface area contributed by atoms with Crippen LogP contribution in [0.2, 0.25) is 0 Å². The Morgan fingerprint density at radius 2 is 2.00 bits per heavy atom. The van der Waals surface area contributed by atoms with Crippen LogP contribution in [0.25, 0.3) is 22.0 Å². The topological polar surface area (TPSA) is 82.0 Å². The van der Waals surface area contributed by atoms with E-state index in [1.165, 1.54) is 14.2 Å². The van der Waals surface area contributed by atoms with Gasteiger partial charge in [-0.25, -0.2) is 4.98 Å². The van der Waals surface area contributed by atoms with Crippen molar-refractivity contribution in [3.8, 4) is 11.5 Å². The summed E-state index contributed by atoms with van der Waals surface area (Å²) >= 11 is 6.29. The second-order valence-electron chi connectivity index (χ2n) is 5.08. The van der Waals surface area contributed by atoms with Crippen LogP contribution in [0.3, 0.4) is 0 Å². The zero-order chi connectivity index (χ0) is 17.3. The number of hydrogen-bond donors (Lipinski definition) is 1. The van der Waals surface area contributed by atoms with Gasteiger partial charge in [-0.15, -0.1) is 0 Å². The number of nitrogens with one attached hydrogen (secondary N) is 1. The second-order valence-corrected chi connectivity index (χ2v) is 5.49. The number of H-pyrrole nitrogens is 1. The van der Waals surface area contributed by atoms with Gasteiger partial charge in [-0.3, -0.25) is 9.48 Å². The lowest BCUT2D eigenvalue weighted by molar-refractivity contribution is 0.355. The lowest BCUT2D eigenvalue weighted by atomic mass is 10.2. The van der Waals surface area contributed by atoms with Crippen molar-refractivity contribution >= 4 is 33.6 Å². The Labute approximate surface area is 142 Å². The summed E-state index contributed by atoms with van der Waals surface area (Å²) in [6.07, 6.45) is 5.14. The zero-order valence-corrected chi connectivity index (χ0v) is 14.1. The van der Waals surface area contributed by atoms with Crippen molar-refractivity contribution in [1.82, 2.24) is 19.7 Å². The Balaban J connectivity index is 2.13. The first kappa shape index (κ1) is 16.1. The second kappa shape index (κ2) is 6.37. The number of aryl methyl sites for hydroxylation is 1. The van der Waals surface area contributed by atoms with Crippen molar-refractivity contribution < 1.29 is 9.47 Å². The summed E-state index contributed by atoms with van der Waals surface area (Å²) in [5.41, 5.74) is 0.954. The molecule has 8 heteroatoms. The average molecular weight is 347 g/mol. The highest BCUT2D eigenvalue weighted by Crippen LogP contribution is 2.30. The molecule has 0 fully saturated rings. The lowest BCUT2D eigenvalue weighted by Crippen LogP contribution is -2.11. The fraction of sp³-hybridized carbons (Fsp3) is 0.188. The molecule has 0 spiro atoms. The molecule has 0 radical (unpaired) electrons. The monoisotopic (exact) mass is 346 g/mol. The lowest BCUT2D eigenvalue weighted by Gasteiger charge is -2.09. The summed E-state index contributed by atoms with van der Waals surface area (Å²) in [5.74, 6) is 1.22. The number of hydrogen-bond acceptors (Lipinski definition) is 5. The molecule has 24 heavy (non-hydrogen) atoms. The molecule has 1 aromatic carbocycles. The van der Waals surface area contributed by atoms with E-state index in [1.807, 2.05) is 0 Å². The predicted octanol–water partition coefficient (Wildman–Crippen LogP) is 2.41. The van der Waals surface area contributed by atoms with E-state index in [2.05, 4.69) is 15.1 Å². The highest BCUT2D eigenvalue weighted by molar-refractivity contribution is 6.50. The Kier molecular flexibility index (Phi) is 4.26. The minimum absolute atomic E-state index is 0.269. The van der Waals surface area contributed by atoms with E-state index in [1.54, 1.807) is 42.3 Å². The van der Waals surface area contributed by atoms with Gasteiger partial charge in [0.1, 0.15) is 0 Å². The molecular weight excluding hydrogens is 332 g/mol. The number of aromatic nitrogens is 4. The van der Waals surface area contributed by atoms with E-state index in [0.29, 0.717) is 27.4 Å². The van der Waals surface area contributed by atoms with Gasteiger partial charge >= 0.3 is 0 Å². The minimum atomic E-state index is -0.311. The first-order valence-corrected chi connectivity index (χ1v) is 7.42. The van der Waals surface area contributed by atoms with Crippen LogP contribution in [0.4, 0.5) is 0 Å². The molecule has 0 atom stereocenters. The highest BCUT2D eigenvalue weighted by Gasteiger charge is 2.12. The molecule has 0 amide bonds. The predicted molar refractivity (Wildman–Crippen MR) is 92.4 cm³/mol. The number of halogens is 1. The summed E-state index contributed by atoms with van der Waals surface area (Å²) in [5, 5.41) is 4.76. The van der Waals surface area contributed by atoms with Crippen molar-refractivity contribution in [1.29, 1.82) is 0 Å². The van der Waals surface area contributed by atoms with Crippen LogP contribution < -0.4 is 15.0 Å². The smallest absolute Gasteiger partial charge is 0.259 e. The van der Waals surface area contributed by atoms with Crippen LogP contribution >= 0.6 is 11.6 Å². The summed E-state index contributed by atoms with van der Waals surface area (Å²) < 4.78 is 12.1. The molecular formula is C16H15ClN4O3. The molecule has 0 unspecified atom stereocenters. The van der Waals surface area contributed by atoms with E-state index in [-0.39, 0.29) is 11.4 Å². The van der Waals surface area contributed by atoms with Crippen molar-refractivity contribution in [3.05, 3.63) is 46.3 Å². The molecule has 3 rings (SSSR count). The first-order chi connectivity index (χ1) is 11.5. The number of aromatic amines is 1. The van der Waals surface area contributed by atoms with E-state index in [0.717, 1.165) is 5.56 Å². The summed E-state index contributed by atoms with van der Waals surface area (Å²) in [7, 11) is 4.83. The largest absolute Gasteiger partial charge is 0.493 e. The number of fused-ring (bicyclic) bond motifs is 1. The molecule has 0 aliphatic carbocycles. The third-order valence-corrected chi connectivity index (χ3v) is 3.74. The normalized spacial score (nSPS) is 11.8. The number of benzene rings is 1. The first-order valence-electron chi connectivity index (χ1n) is 7.04. The maximum Gasteiger partial charge on any atom is 0.259 e. The molecule has 1 N–H and O–H groups in total. The number of rotatable bonds is 4. The van der Waals surface area contributed by atoms with E-state index >= 15 is 0 Å². The molecule has 0 aliphatic rings. The van der Waals surface area contributed by atoms with Crippen LogP contribution in [-0.2, 0) is 7.05 Å². The Morgan fingerprint density at radius 3 is 2.62 bits per heavy atom. The van der Waals surface area contributed by atoms with Gasteiger partial charge < -0.3 is 14.5 Å². The van der Waals surface area contributed by atoms with Crippen molar-refractivity contribution in [2.24, 2.45) is 7.05 Å². The van der Waals surface area contributed by atoms with E-state index < -0.39 is 0 Å². The summed E-state index contributed by atoms with van der Waals surface area (Å²) in [6.45, 7) is 0. The van der Waals surface area contributed by atoms with Gasteiger partial charge in [0, 0.05) is 24.9 Å². The molecule has 0 aliphatic heterocycles. The van der Waals surface area contributed by atoms with Gasteiger partial charge in [0.15, 0.2) is 17.3 Å². The Morgan fingerprint density at radius 1 is 1.29 bits per heavy atom. The maximum absolute atomic E-state index is 12.3. The van der Waals surface area contributed by atoms with E-state index in [9.17, 15) is 4.79 Å². The highest BCUT2D eigenvalue weighted by atomic mass is 35.5. The van der Waals surface area contributed by atoms with Crippen LogP contribution in [0.15, 0.2) is 29.3 Å². The van der Waals surface area contributed by atoms with Gasteiger partial charge in [0.2, 0.25) is 0 Å². The van der Waals surface area contributed by atoms with Gasteiger partial charge in [-0.05, 0) is 12.1 Å². The SMILES string of the molecule is COc1cc2nc(C(Cl)=Cc3cnn(C)c3)[nH]c(=O)c2cc1OC. The van der Waals surface area contributed by atoms with Crippen LogP contribution in [0.5, 0.6) is 11.5 Å². The molecule has 2 aromatic heterocycles. The Hall–Kier alpha value is -2.80. The summed E-state index contributed by atoms with van der Waals surface area (Å²) in [6, 6.07) is 3.23. The molecule has 7 nitrogen and oxygen atoms in total. The number of ether oxygens (including phenoxy) is 2. The fourth-order valence-electron chi connectivity index (χ4n) is 2.31. The number of nitrogens with zero attached hydrogens (tertiary/aromatic N) is 3. The van der Waals surface area contributed by atoms with Crippen LogP contribution in [0, 0.1) is 0 Å². The van der Waals surface area contributed by atoms with Gasteiger partial charge in [0.25, 0.3) is 5.56 Å². The number of methoxy groups -OCH3 is 2. The fourth-order valence-corrected chi connectivity index (χ4v) is 2.52. The Bertz CT molecular complexity index is 991. The third kappa shape index (κ3) is 2.98. The van der Waals surface area contributed by atoms with Gasteiger partial charge in [-0.2, -0.15) is 5.10 Å². The van der Waals surface area contributed by atoms with Crippen LogP contribution in [-0.4, -0.2) is 34.0 Å². The molecule has 3 aromatic rings. The third-order valence-electron chi connectivity index (χ3n) is 3.46. The zero-order valence-electron chi connectivity index (χ0n) is 13.3. The van der Waals surface area contributed by atoms with Crippen molar-refractivity contribution in [3.63, 3.8) is 0 Å². The standard InChI is InChI=1S/C16H15ClN4O3/c1-21-8-9(7-18-21)4-11(17)15-19-12-6-14(24-3)13(23-2)5-10(12)16(22)20-15/h4-8H,1-3H3,(H,19,20,22). The molecule has 2 heterocycles. The minimum Gasteiger partial charge on any atom is -0.493 e. The summed E-state index contributed by atoms with van der Waals surface area (Å²) in [4.78, 5) is 19.4. The van der Waals surface area contributed by atoms with Gasteiger partial charge in [0.05, 0.1) is 36.4 Å². The van der Waals surface area contributed by atoms with Crippen molar-refractivity contribution in [2.45, 2.75) is 0 Å². The van der Waals surface area contributed by atoms with Gasteiger partial charge in [-0.1, -0.05) is 11.6 Å². The van der Waals surface area contributed by atoms with Crippen molar-refractivity contribution in [2.75, 3.05) is 14.2 Å². The van der Waals surface area contributed by atoms with E-state index in [4.69, 9.17) is 21.1 Å². The molecule has 0 saturated heterocycles. The molecule has 0 saturated carbocycles.